The Kier molecular flexibility index (Phi) is 1.44. The first-order chi connectivity index (χ1) is 4.79. The van der Waals surface area contributed by atoms with Crippen LogP contribution in [0.1, 0.15) is 12.8 Å². The predicted molar refractivity (Wildman–Crippen MR) is 34.5 cm³/mol. The monoisotopic (exact) mass is 144 g/mol. The van der Waals surface area contributed by atoms with Gasteiger partial charge in [0.1, 0.15) is 0 Å². The van der Waals surface area contributed by atoms with E-state index in [9.17, 15) is 10.2 Å². The third-order valence-corrected chi connectivity index (χ3v) is 2.55. The van der Waals surface area contributed by atoms with Crippen molar-refractivity contribution in [3.8, 4) is 0 Å². The van der Waals surface area contributed by atoms with Gasteiger partial charge < -0.3 is 14.9 Å². The second kappa shape index (κ2) is 2.19. The van der Waals surface area contributed by atoms with E-state index in [4.69, 9.17) is 4.74 Å². The van der Waals surface area contributed by atoms with E-state index < -0.39 is 0 Å². The van der Waals surface area contributed by atoms with E-state index in [1.807, 2.05) is 0 Å². The highest BCUT2D eigenvalue weighted by molar-refractivity contribution is 4.93. The summed E-state index contributed by atoms with van der Waals surface area (Å²) in [6.45, 7) is 0.409. The molecule has 1 heterocycles. The molecule has 3 nitrogen and oxygen atoms in total. The van der Waals surface area contributed by atoms with Crippen LogP contribution in [0.2, 0.25) is 0 Å². The molecular formula is C7H12O3. The number of hydrogen-bond acceptors (Lipinski definition) is 3. The zero-order valence-electron chi connectivity index (χ0n) is 5.73. The number of rotatable bonds is 0. The second-order valence-electron chi connectivity index (χ2n) is 3.17. The molecule has 0 aromatic carbocycles. The van der Waals surface area contributed by atoms with Gasteiger partial charge in [0.05, 0.1) is 24.9 Å². The summed E-state index contributed by atoms with van der Waals surface area (Å²) in [5.41, 5.74) is 0. The smallest absolute Gasteiger partial charge is 0.0888 e. The van der Waals surface area contributed by atoms with Gasteiger partial charge in [-0.05, 0) is 12.8 Å². The third kappa shape index (κ3) is 0.779. The zero-order chi connectivity index (χ0) is 7.14. The van der Waals surface area contributed by atoms with Crippen molar-refractivity contribution in [2.75, 3.05) is 6.61 Å². The van der Waals surface area contributed by atoms with Gasteiger partial charge in [-0.15, -0.1) is 0 Å². The minimum absolute atomic E-state index is 0.0741. The Balaban J connectivity index is 2.09. The summed E-state index contributed by atoms with van der Waals surface area (Å²) in [6, 6.07) is 0. The van der Waals surface area contributed by atoms with Gasteiger partial charge in [-0.2, -0.15) is 0 Å². The van der Waals surface area contributed by atoms with Crippen molar-refractivity contribution in [3.05, 3.63) is 0 Å². The maximum Gasteiger partial charge on any atom is 0.0888 e. The van der Waals surface area contributed by atoms with Crippen molar-refractivity contribution in [1.29, 1.82) is 0 Å². The highest BCUT2D eigenvalue weighted by Gasteiger charge is 2.44. The lowest BCUT2D eigenvalue weighted by Crippen LogP contribution is -2.25. The molecule has 0 spiro atoms. The highest BCUT2D eigenvalue weighted by Crippen LogP contribution is 2.35. The maximum atomic E-state index is 9.28. The molecule has 1 saturated carbocycles. The average Bonchev–Trinajstić information content (AvgIpc) is 2.41. The summed E-state index contributed by atoms with van der Waals surface area (Å²) in [5.74, 6) is 0.204. The Hall–Kier alpha value is -0.120. The molecule has 0 amide bonds. The second-order valence-corrected chi connectivity index (χ2v) is 3.17. The van der Waals surface area contributed by atoms with Gasteiger partial charge >= 0.3 is 0 Å². The molecule has 2 aliphatic rings. The lowest BCUT2D eigenvalue weighted by Gasteiger charge is -2.11. The molecule has 58 valence electrons. The molecule has 0 bridgehead atoms. The number of hydrogen-bond donors (Lipinski definition) is 2. The van der Waals surface area contributed by atoms with Crippen LogP contribution in [-0.4, -0.2) is 35.1 Å². The number of aliphatic hydroxyl groups is 2. The average molecular weight is 144 g/mol. The van der Waals surface area contributed by atoms with Gasteiger partial charge in [-0.25, -0.2) is 0 Å². The molecule has 2 fully saturated rings. The van der Waals surface area contributed by atoms with Crippen molar-refractivity contribution in [2.45, 2.75) is 31.2 Å². The van der Waals surface area contributed by atoms with Crippen LogP contribution in [0.5, 0.6) is 0 Å². The first-order valence-electron chi connectivity index (χ1n) is 3.77. The first kappa shape index (κ1) is 6.58. The molecule has 1 aliphatic heterocycles. The molecule has 1 aliphatic carbocycles. The van der Waals surface area contributed by atoms with E-state index in [0.29, 0.717) is 6.61 Å². The van der Waals surface area contributed by atoms with Crippen LogP contribution >= 0.6 is 0 Å². The van der Waals surface area contributed by atoms with E-state index in [1.165, 1.54) is 0 Å². The first-order valence-corrected chi connectivity index (χ1v) is 3.77. The Morgan fingerprint density at radius 3 is 2.60 bits per heavy atom. The van der Waals surface area contributed by atoms with Crippen LogP contribution < -0.4 is 0 Å². The highest BCUT2D eigenvalue weighted by atomic mass is 16.5. The van der Waals surface area contributed by atoms with Crippen LogP contribution in [0.4, 0.5) is 0 Å². The van der Waals surface area contributed by atoms with Gasteiger partial charge in [0.25, 0.3) is 0 Å². The van der Waals surface area contributed by atoms with Crippen molar-refractivity contribution >= 4 is 0 Å². The lowest BCUT2D eigenvalue weighted by molar-refractivity contribution is 0.00484. The molecule has 0 aromatic rings. The van der Waals surface area contributed by atoms with Crippen LogP contribution in [0, 0.1) is 5.92 Å². The molecule has 0 unspecified atom stereocenters. The fraction of sp³-hybridized carbons (Fsp3) is 1.00. The minimum Gasteiger partial charge on any atom is -0.390 e. The van der Waals surface area contributed by atoms with E-state index >= 15 is 0 Å². The molecule has 3 heteroatoms. The fourth-order valence-electron chi connectivity index (χ4n) is 1.96. The van der Waals surface area contributed by atoms with E-state index in [2.05, 4.69) is 0 Å². The number of aliphatic hydroxyl groups excluding tert-OH is 2. The normalized spacial score (nSPS) is 53.4. The summed E-state index contributed by atoms with van der Waals surface area (Å²) in [5, 5.41) is 18.6. The Labute approximate surface area is 59.6 Å². The molecule has 0 radical (unpaired) electrons. The summed E-state index contributed by atoms with van der Waals surface area (Å²) >= 11 is 0. The van der Waals surface area contributed by atoms with Gasteiger partial charge in [0.2, 0.25) is 0 Å². The van der Waals surface area contributed by atoms with Gasteiger partial charge in [-0.1, -0.05) is 0 Å². The number of ether oxygens (including phenoxy) is 1. The molecule has 2 rings (SSSR count). The Bertz CT molecular complexity index is 121. The van der Waals surface area contributed by atoms with E-state index in [-0.39, 0.29) is 24.2 Å². The zero-order valence-corrected chi connectivity index (χ0v) is 5.73. The quantitative estimate of drug-likeness (QED) is 0.482. The van der Waals surface area contributed by atoms with Crippen molar-refractivity contribution in [1.82, 2.24) is 0 Å². The Morgan fingerprint density at radius 2 is 1.90 bits per heavy atom. The number of fused-ring (bicyclic) bond motifs is 1. The molecule has 0 aromatic heterocycles. The summed E-state index contributed by atoms with van der Waals surface area (Å²) in [6.07, 6.45) is 0.957. The fourth-order valence-corrected chi connectivity index (χ4v) is 1.96. The largest absolute Gasteiger partial charge is 0.390 e. The van der Waals surface area contributed by atoms with Crippen LogP contribution in [0.3, 0.4) is 0 Å². The topological polar surface area (TPSA) is 49.7 Å². The molecule has 2 N–H and O–H groups in total. The lowest BCUT2D eigenvalue weighted by atomic mass is 10.0. The SMILES string of the molecule is O[C@@H]1CC[C@H]2[C@H]1OC[C@@H]2O. The van der Waals surface area contributed by atoms with Crippen LogP contribution in [-0.2, 0) is 4.74 Å². The maximum absolute atomic E-state index is 9.28. The summed E-state index contributed by atoms with van der Waals surface area (Å²) < 4.78 is 5.20. The van der Waals surface area contributed by atoms with Gasteiger partial charge in [-0.3, -0.25) is 0 Å². The molecular weight excluding hydrogens is 132 g/mol. The van der Waals surface area contributed by atoms with Crippen molar-refractivity contribution < 1.29 is 14.9 Å². The van der Waals surface area contributed by atoms with Crippen molar-refractivity contribution in [2.24, 2.45) is 5.92 Å². The van der Waals surface area contributed by atoms with E-state index in [0.717, 1.165) is 12.8 Å². The summed E-state index contributed by atoms with van der Waals surface area (Å²) in [4.78, 5) is 0. The van der Waals surface area contributed by atoms with Gasteiger partial charge in [0.15, 0.2) is 0 Å². The van der Waals surface area contributed by atoms with E-state index in [1.54, 1.807) is 0 Å². The molecule has 1 saturated heterocycles. The predicted octanol–water partition coefficient (Wildman–Crippen LogP) is -0.483. The van der Waals surface area contributed by atoms with Crippen LogP contribution in [0.25, 0.3) is 0 Å². The molecule has 10 heavy (non-hydrogen) atoms. The standard InChI is InChI=1S/C7H12O3/c8-5-2-1-4-6(9)3-10-7(4)5/h4-9H,1-3H2/t4-,5-,6+,7-/m1/s1. The summed E-state index contributed by atoms with van der Waals surface area (Å²) in [7, 11) is 0. The van der Waals surface area contributed by atoms with Crippen molar-refractivity contribution in [3.63, 3.8) is 0 Å². The third-order valence-electron chi connectivity index (χ3n) is 2.55. The Morgan fingerprint density at radius 1 is 1.10 bits per heavy atom. The molecule has 4 atom stereocenters. The van der Waals surface area contributed by atoms with Gasteiger partial charge in [0, 0.05) is 5.92 Å². The van der Waals surface area contributed by atoms with Crippen LogP contribution in [0.15, 0.2) is 0 Å². The minimum atomic E-state index is -0.331.